The van der Waals surface area contributed by atoms with Crippen LogP contribution < -0.4 is 5.32 Å². The Labute approximate surface area is 93.3 Å². The van der Waals surface area contributed by atoms with Crippen LogP contribution in [-0.2, 0) is 6.54 Å². The van der Waals surface area contributed by atoms with Gasteiger partial charge in [0.05, 0.1) is 10.2 Å². The van der Waals surface area contributed by atoms with Gasteiger partial charge in [0.25, 0.3) is 0 Å². The maximum atomic E-state index is 4.42. The highest BCUT2D eigenvalue weighted by atomic mass is 32.1. The van der Waals surface area contributed by atoms with Crippen molar-refractivity contribution in [2.45, 2.75) is 19.4 Å². The lowest BCUT2D eigenvalue weighted by atomic mass is 10.2. The molecule has 1 fully saturated rings. The molecule has 0 bridgehead atoms. The number of pyridine rings is 1. The number of fused-ring (bicyclic) bond motifs is 1. The van der Waals surface area contributed by atoms with Crippen molar-refractivity contribution in [2.75, 3.05) is 6.54 Å². The van der Waals surface area contributed by atoms with Crippen molar-refractivity contribution in [1.29, 1.82) is 0 Å². The summed E-state index contributed by atoms with van der Waals surface area (Å²) in [4.78, 5) is 4.42. The predicted molar refractivity (Wildman–Crippen MR) is 64.1 cm³/mol. The molecular formula is C12H14N2S. The molecule has 15 heavy (non-hydrogen) atoms. The maximum absolute atomic E-state index is 4.42. The monoisotopic (exact) mass is 218 g/mol. The van der Waals surface area contributed by atoms with E-state index in [0.717, 1.165) is 18.0 Å². The zero-order valence-corrected chi connectivity index (χ0v) is 9.39. The molecular weight excluding hydrogens is 204 g/mol. The van der Waals surface area contributed by atoms with Crippen LogP contribution in [0.2, 0.25) is 0 Å². The van der Waals surface area contributed by atoms with Crippen LogP contribution in [0.15, 0.2) is 23.7 Å². The van der Waals surface area contributed by atoms with Crippen LogP contribution in [0.5, 0.6) is 0 Å². The van der Waals surface area contributed by atoms with Gasteiger partial charge in [-0.05, 0) is 48.4 Å². The average Bonchev–Trinajstić information content (AvgIpc) is 2.95. The Bertz CT molecular complexity index is 459. The standard InChI is InChI=1S/C12H14N2S/c1-2-9(1)6-13-7-10-5-12-11(14-8-10)3-4-15-12/h3-5,8-9,13H,1-2,6-7H2. The third-order valence-electron chi connectivity index (χ3n) is 2.82. The van der Waals surface area contributed by atoms with Crippen LogP contribution in [0, 0.1) is 5.92 Å². The van der Waals surface area contributed by atoms with Gasteiger partial charge in [0.2, 0.25) is 0 Å². The molecule has 1 aliphatic rings. The van der Waals surface area contributed by atoms with Crippen LogP contribution in [0.3, 0.4) is 0 Å². The van der Waals surface area contributed by atoms with Crippen molar-refractivity contribution in [2.24, 2.45) is 5.92 Å². The van der Waals surface area contributed by atoms with Crippen molar-refractivity contribution in [1.82, 2.24) is 10.3 Å². The highest BCUT2D eigenvalue weighted by Crippen LogP contribution is 2.27. The van der Waals surface area contributed by atoms with Crippen LogP contribution in [0.4, 0.5) is 0 Å². The van der Waals surface area contributed by atoms with E-state index in [2.05, 4.69) is 27.8 Å². The summed E-state index contributed by atoms with van der Waals surface area (Å²) < 4.78 is 1.29. The SMILES string of the molecule is c1cc2ncc(CNCC3CC3)cc2s1. The average molecular weight is 218 g/mol. The van der Waals surface area contributed by atoms with Crippen molar-refractivity contribution in [3.8, 4) is 0 Å². The summed E-state index contributed by atoms with van der Waals surface area (Å²) in [6.45, 7) is 2.12. The molecule has 2 aromatic rings. The zero-order valence-electron chi connectivity index (χ0n) is 8.57. The number of aromatic nitrogens is 1. The molecule has 0 spiro atoms. The van der Waals surface area contributed by atoms with Gasteiger partial charge in [-0.1, -0.05) is 0 Å². The lowest BCUT2D eigenvalue weighted by Crippen LogP contribution is -2.16. The molecule has 1 N–H and O–H groups in total. The number of nitrogens with one attached hydrogen (secondary N) is 1. The molecule has 0 aromatic carbocycles. The first-order valence-corrected chi connectivity index (χ1v) is 6.32. The molecule has 0 aliphatic heterocycles. The van der Waals surface area contributed by atoms with E-state index in [1.807, 2.05) is 6.20 Å². The van der Waals surface area contributed by atoms with Gasteiger partial charge in [0.1, 0.15) is 0 Å². The van der Waals surface area contributed by atoms with Gasteiger partial charge in [-0.25, -0.2) is 0 Å². The Kier molecular flexibility index (Phi) is 2.43. The fourth-order valence-corrected chi connectivity index (χ4v) is 2.53. The number of rotatable bonds is 4. The summed E-state index contributed by atoms with van der Waals surface area (Å²) in [5, 5.41) is 5.58. The quantitative estimate of drug-likeness (QED) is 0.853. The Morgan fingerprint density at radius 3 is 3.27 bits per heavy atom. The Morgan fingerprint density at radius 1 is 1.47 bits per heavy atom. The summed E-state index contributed by atoms with van der Waals surface area (Å²) >= 11 is 1.76. The number of nitrogens with zero attached hydrogens (tertiary/aromatic N) is 1. The zero-order chi connectivity index (χ0) is 10.1. The predicted octanol–water partition coefficient (Wildman–Crippen LogP) is 2.80. The minimum atomic E-state index is 0.948. The normalized spacial score (nSPS) is 16.0. The first kappa shape index (κ1) is 9.31. The fraction of sp³-hybridized carbons (Fsp3) is 0.417. The molecule has 1 saturated carbocycles. The molecule has 3 rings (SSSR count). The second-order valence-electron chi connectivity index (χ2n) is 4.22. The first-order valence-electron chi connectivity index (χ1n) is 5.45. The molecule has 78 valence electrons. The highest BCUT2D eigenvalue weighted by Gasteiger charge is 2.20. The van der Waals surface area contributed by atoms with Crippen LogP contribution in [0.25, 0.3) is 10.2 Å². The minimum absolute atomic E-state index is 0.948. The van der Waals surface area contributed by atoms with E-state index in [-0.39, 0.29) is 0 Å². The van der Waals surface area contributed by atoms with E-state index in [1.54, 1.807) is 11.3 Å². The number of thiophene rings is 1. The Hall–Kier alpha value is -0.930. The van der Waals surface area contributed by atoms with E-state index < -0.39 is 0 Å². The Morgan fingerprint density at radius 2 is 2.40 bits per heavy atom. The van der Waals surface area contributed by atoms with E-state index >= 15 is 0 Å². The van der Waals surface area contributed by atoms with Gasteiger partial charge in [-0.2, -0.15) is 0 Å². The molecule has 1 aliphatic carbocycles. The second kappa shape index (κ2) is 3.91. The van der Waals surface area contributed by atoms with E-state index in [4.69, 9.17) is 0 Å². The first-order chi connectivity index (χ1) is 7.42. The molecule has 0 amide bonds. The van der Waals surface area contributed by atoms with Gasteiger partial charge in [0.15, 0.2) is 0 Å². The topological polar surface area (TPSA) is 24.9 Å². The van der Waals surface area contributed by atoms with Crippen molar-refractivity contribution < 1.29 is 0 Å². The van der Waals surface area contributed by atoms with Crippen LogP contribution >= 0.6 is 11.3 Å². The Balaban J connectivity index is 1.67. The van der Waals surface area contributed by atoms with Gasteiger partial charge >= 0.3 is 0 Å². The number of hydrogen-bond donors (Lipinski definition) is 1. The van der Waals surface area contributed by atoms with Gasteiger partial charge in [-0.15, -0.1) is 11.3 Å². The minimum Gasteiger partial charge on any atom is -0.312 e. The van der Waals surface area contributed by atoms with Crippen molar-refractivity contribution >= 4 is 21.6 Å². The lowest BCUT2D eigenvalue weighted by Gasteiger charge is -2.03. The summed E-state index contributed by atoms with van der Waals surface area (Å²) in [6.07, 6.45) is 4.80. The third-order valence-corrected chi connectivity index (χ3v) is 3.67. The molecule has 3 heteroatoms. The molecule has 2 heterocycles. The molecule has 0 saturated heterocycles. The molecule has 0 atom stereocenters. The van der Waals surface area contributed by atoms with Crippen molar-refractivity contribution in [3.05, 3.63) is 29.3 Å². The summed E-state index contributed by atoms with van der Waals surface area (Å²) in [7, 11) is 0. The molecule has 2 aromatic heterocycles. The lowest BCUT2D eigenvalue weighted by molar-refractivity contribution is 0.638. The van der Waals surface area contributed by atoms with E-state index in [9.17, 15) is 0 Å². The summed E-state index contributed by atoms with van der Waals surface area (Å²) in [5.41, 5.74) is 2.41. The summed E-state index contributed by atoms with van der Waals surface area (Å²) in [5.74, 6) is 0.948. The summed E-state index contributed by atoms with van der Waals surface area (Å²) in [6, 6.07) is 4.31. The van der Waals surface area contributed by atoms with Gasteiger partial charge < -0.3 is 5.32 Å². The van der Waals surface area contributed by atoms with E-state index in [1.165, 1.54) is 29.6 Å². The molecule has 0 unspecified atom stereocenters. The highest BCUT2D eigenvalue weighted by molar-refractivity contribution is 7.17. The van der Waals surface area contributed by atoms with Crippen LogP contribution in [0.1, 0.15) is 18.4 Å². The van der Waals surface area contributed by atoms with Gasteiger partial charge in [-0.3, -0.25) is 4.98 Å². The van der Waals surface area contributed by atoms with Crippen molar-refractivity contribution in [3.63, 3.8) is 0 Å². The van der Waals surface area contributed by atoms with E-state index in [0.29, 0.717) is 0 Å². The second-order valence-corrected chi connectivity index (χ2v) is 5.17. The molecule has 2 nitrogen and oxygen atoms in total. The third kappa shape index (κ3) is 2.19. The maximum Gasteiger partial charge on any atom is 0.0809 e. The smallest absolute Gasteiger partial charge is 0.0809 e. The number of hydrogen-bond acceptors (Lipinski definition) is 3. The fourth-order valence-electron chi connectivity index (χ4n) is 1.73. The van der Waals surface area contributed by atoms with Gasteiger partial charge in [0, 0.05) is 12.7 Å². The van der Waals surface area contributed by atoms with Crippen LogP contribution in [-0.4, -0.2) is 11.5 Å². The molecule has 0 radical (unpaired) electrons. The largest absolute Gasteiger partial charge is 0.312 e.